The Bertz CT molecular complexity index is 631. The van der Waals surface area contributed by atoms with Crippen LogP contribution in [-0.2, 0) is 13.2 Å². The van der Waals surface area contributed by atoms with E-state index in [-0.39, 0.29) is 18.2 Å². The van der Waals surface area contributed by atoms with Gasteiger partial charge in [0, 0.05) is 30.5 Å². The lowest BCUT2D eigenvalue weighted by molar-refractivity contribution is 0.290. The van der Waals surface area contributed by atoms with Crippen LogP contribution in [0.15, 0.2) is 36.7 Å². The zero-order valence-corrected chi connectivity index (χ0v) is 12.2. The van der Waals surface area contributed by atoms with Crippen molar-refractivity contribution in [1.82, 2.24) is 10.3 Å². The first kappa shape index (κ1) is 14.3. The van der Waals surface area contributed by atoms with E-state index in [4.69, 9.17) is 16.3 Å². The van der Waals surface area contributed by atoms with Crippen molar-refractivity contribution in [3.8, 4) is 5.75 Å². The Labute approximate surface area is 128 Å². The highest BCUT2D eigenvalue weighted by Gasteiger charge is 2.20. The molecule has 0 bridgehead atoms. The quantitative estimate of drug-likeness (QED) is 0.883. The second-order valence-electron chi connectivity index (χ2n) is 5.18. The van der Waals surface area contributed by atoms with Crippen LogP contribution >= 0.6 is 11.6 Å². The number of rotatable bonds is 6. The molecule has 21 heavy (non-hydrogen) atoms. The maximum atomic E-state index is 14.0. The van der Waals surface area contributed by atoms with Crippen LogP contribution in [-0.4, -0.2) is 11.0 Å². The summed E-state index contributed by atoms with van der Waals surface area (Å²) in [7, 11) is 0. The molecule has 1 N–H and O–H groups in total. The maximum Gasteiger partial charge on any atom is 0.165 e. The maximum absolute atomic E-state index is 14.0. The van der Waals surface area contributed by atoms with E-state index in [1.54, 1.807) is 24.5 Å². The number of nitrogens with zero attached hydrogens (tertiary/aromatic N) is 1. The van der Waals surface area contributed by atoms with Crippen LogP contribution in [0, 0.1) is 5.82 Å². The molecular weight excluding hydrogens is 291 g/mol. The molecule has 1 aromatic heterocycles. The van der Waals surface area contributed by atoms with Gasteiger partial charge in [-0.05, 0) is 36.6 Å². The molecule has 3 nitrogen and oxygen atoms in total. The molecule has 0 saturated heterocycles. The van der Waals surface area contributed by atoms with Gasteiger partial charge in [-0.25, -0.2) is 4.39 Å². The minimum atomic E-state index is -0.352. The number of hydrogen-bond donors (Lipinski definition) is 1. The number of nitrogens with one attached hydrogen (secondary N) is 1. The lowest BCUT2D eigenvalue weighted by Gasteiger charge is -2.10. The molecule has 1 aliphatic carbocycles. The molecule has 3 rings (SSSR count). The fourth-order valence-electron chi connectivity index (χ4n) is 2.00. The molecule has 0 atom stereocenters. The third-order valence-corrected chi connectivity index (χ3v) is 3.75. The molecule has 1 heterocycles. The topological polar surface area (TPSA) is 34.1 Å². The highest BCUT2D eigenvalue weighted by Crippen LogP contribution is 2.23. The smallest absolute Gasteiger partial charge is 0.165 e. The summed E-state index contributed by atoms with van der Waals surface area (Å²) in [4.78, 5) is 3.90. The zero-order valence-electron chi connectivity index (χ0n) is 11.5. The molecule has 0 aliphatic heterocycles. The molecule has 1 saturated carbocycles. The lowest BCUT2D eigenvalue weighted by Crippen LogP contribution is -2.15. The van der Waals surface area contributed by atoms with Gasteiger partial charge >= 0.3 is 0 Å². The van der Waals surface area contributed by atoms with Crippen molar-refractivity contribution < 1.29 is 9.13 Å². The monoisotopic (exact) mass is 306 g/mol. The minimum absolute atomic E-state index is 0.220. The molecule has 0 radical (unpaired) electrons. The van der Waals surface area contributed by atoms with Crippen molar-refractivity contribution in [1.29, 1.82) is 0 Å². The summed E-state index contributed by atoms with van der Waals surface area (Å²) >= 11 is 5.99. The van der Waals surface area contributed by atoms with E-state index in [1.807, 2.05) is 6.07 Å². The van der Waals surface area contributed by atoms with Crippen LogP contribution in [0.2, 0.25) is 5.02 Å². The van der Waals surface area contributed by atoms with Gasteiger partial charge in [0.2, 0.25) is 0 Å². The highest BCUT2D eigenvalue weighted by molar-refractivity contribution is 6.31. The molecule has 1 aliphatic rings. The fraction of sp³-hybridized carbons (Fsp3) is 0.312. The van der Waals surface area contributed by atoms with E-state index in [0.29, 0.717) is 17.6 Å². The molecule has 0 unspecified atom stereocenters. The summed E-state index contributed by atoms with van der Waals surface area (Å²) in [5.41, 5.74) is 1.71. The molecule has 1 fully saturated rings. The Morgan fingerprint density at radius 3 is 2.90 bits per heavy atom. The Hall–Kier alpha value is -1.65. The van der Waals surface area contributed by atoms with Crippen molar-refractivity contribution in [2.75, 3.05) is 0 Å². The highest BCUT2D eigenvalue weighted by atomic mass is 35.5. The van der Waals surface area contributed by atoms with Crippen LogP contribution in [0.1, 0.15) is 24.0 Å². The minimum Gasteiger partial charge on any atom is -0.486 e. The van der Waals surface area contributed by atoms with Crippen molar-refractivity contribution in [3.05, 3.63) is 58.6 Å². The number of hydrogen-bond acceptors (Lipinski definition) is 3. The Morgan fingerprint density at radius 2 is 2.19 bits per heavy atom. The van der Waals surface area contributed by atoms with Crippen molar-refractivity contribution in [2.24, 2.45) is 0 Å². The van der Waals surface area contributed by atoms with Gasteiger partial charge in [0.05, 0.1) is 5.02 Å². The fourth-order valence-corrected chi connectivity index (χ4v) is 2.17. The SMILES string of the molecule is Fc1cc(CNC2CC2)ccc1OCc1ccncc1Cl. The van der Waals surface area contributed by atoms with Crippen LogP contribution in [0.4, 0.5) is 4.39 Å². The number of ether oxygens (including phenoxy) is 1. The van der Waals surface area contributed by atoms with Gasteiger partial charge in [0.25, 0.3) is 0 Å². The Balaban J connectivity index is 1.61. The summed E-state index contributed by atoms with van der Waals surface area (Å²) < 4.78 is 19.5. The number of pyridine rings is 1. The van der Waals surface area contributed by atoms with E-state index < -0.39 is 0 Å². The summed E-state index contributed by atoms with van der Waals surface area (Å²) in [6.45, 7) is 0.913. The molecule has 1 aromatic carbocycles. The van der Waals surface area contributed by atoms with Gasteiger partial charge in [0.15, 0.2) is 11.6 Å². The van der Waals surface area contributed by atoms with Crippen LogP contribution in [0.5, 0.6) is 5.75 Å². The Kier molecular flexibility index (Phi) is 4.36. The zero-order chi connectivity index (χ0) is 14.7. The van der Waals surface area contributed by atoms with E-state index in [9.17, 15) is 4.39 Å². The Morgan fingerprint density at radius 1 is 1.33 bits per heavy atom. The lowest BCUT2D eigenvalue weighted by atomic mass is 10.2. The average Bonchev–Trinajstić information content (AvgIpc) is 3.30. The van der Waals surface area contributed by atoms with Gasteiger partial charge in [0.1, 0.15) is 6.61 Å². The predicted molar refractivity (Wildman–Crippen MR) is 79.8 cm³/mol. The first-order valence-corrected chi connectivity index (χ1v) is 7.33. The van der Waals surface area contributed by atoms with Crippen LogP contribution < -0.4 is 10.1 Å². The van der Waals surface area contributed by atoms with Crippen molar-refractivity contribution in [3.63, 3.8) is 0 Å². The largest absolute Gasteiger partial charge is 0.486 e. The first-order valence-electron chi connectivity index (χ1n) is 6.95. The van der Waals surface area contributed by atoms with E-state index in [0.717, 1.165) is 11.1 Å². The van der Waals surface area contributed by atoms with Gasteiger partial charge in [-0.2, -0.15) is 0 Å². The first-order chi connectivity index (χ1) is 10.2. The van der Waals surface area contributed by atoms with Gasteiger partial charge < -0.3 is 10.1 Å². The van der Waals surface area contributed by atoms with Crippen molar-refractivity contribution >= 4 is 11.6 Å². The van der Waals surface area contributed by atoms with Crippen molar-refractivity contribution in [2.45, 2.75) is 32.0 Å². The molecule has 0 spiro atoms. The molecular formula is C16H16ClFN2O. The summed E-state index contributed by atoms with van der Waals surface area (Å²) in [6.07, 6.45) is 5.61. The number of benzene rings is 1. The van der Waals surface area contributed by atoms with Gasteiger partial charge in [-0.3, -0.25) is 4.98 Å². The second-order valence-corrected chi connectivity index (χ2v) is 5.58. The number of aromatic nitrogens is 1. The third kappa shape index (κ3) is 3.93. The van der Waals surface area contributed by atoms with Gasteiger partial charge in [-0.1, -0.05) is 17.7 Å². The average molecular weight is 307 g/mol. The standard InChI is InChI=1S/C16H16ClFN2O/c17-14-9-19-6-5-12(14)10-21-16-4-1-11(7-15(16)18)8-20-13-2-3-13/h1,4-7,9,13,20H,2-3,8,10H2. The molecule has 0 amide bonds. The van der Waals surface area contributed by atoms with E-state index >= 15 is 0 Å². The molecule has 5 heteroatoms. The molecule has 2 aromatic rings. The summed E-state index contributed by atoms with van der Waals surface area (Å²) in [5, 5.41) is 3.87. The predicted octanol–water partition coefficient (Wildman–Crippen LogP) is 3.71. The van der Waals surface area contributed by atoms with Crippen LogP contribution in [0.3, 0.4) is 0 Å². The normalized spacial score (nSPS) is 14.2. The summed E-state index contributed by atoms with van der Waals surface area (Å²) in [6, 6.07) is 7.42. The molecule has 110 valence electrons. The van der Waals surface area contributed by atoms with E-state index in [1.165, 1.54) is 18.9 Å². The summed E-state index contributed by atoms with van der Waals surface area (Å²) in [5.74, 6) is -0.117. The van der Waals surface area contributed by atoms with Gasteiger partial charge in [-0.15, -0.1) is 0 Å². The third-order valence-electron chi connectivity index (χ3n) is 3.41. The number of halogens is 2. The van der Waals surface area contributed by atoms with Crippen LogP contribution in [0.25, 0.3) is 0 Å². The second kappa shape index (κ2) is 6.41. The van der Waals surface area contributed by atoms with E-state index in [2.05, 4.69) is 10.3 Å².